The normalized spacial score (nSPS) is 10.9. The van der Waals surface area contributed by atoms with Crippen LogP contribution in [0.25, 0.3) is 0 Å². The number of ether oxygens (including phenoxy) is 1. The monoisotopic (exact) mass is 295 g/mol. The minimum Gasteiger partial charge on any atom is -0.478 e. The largest absolute Gasteiger partial charge is 0.478 e. The maximum Gasteiger partial charge on any atom is 0.331 e. The van der Waals surface area contributed by atoms with Crippen LogP contribution >= 0.6 is 0 Å². The number of amides is 1. The van der Waals surface area contributed by atoms with Gasteiger partial charge in [0.05, 0.1) is 12.5 Å². The first-order valence-corrected chi connectivity index (χ1v) is 6.00. The molecular formula is C14H14FNO5. The molecule has 0 saturated carbocycles. The van der Waals surface area contributed by atoms with Gasteiger partial charge >= 0.3 is 11.9 Å². The molecule has 1 rings (SSSR count). The van der Waals surface area contributed by atoms with Crippen LogP contribution in [0, 0.1) is 5.82 Å². The number of aliphatic carboxylic acids is 1. The van der Waals surface area contributed by atoms with E-state index < -0.39 is 17.8 Å². The van der Waals surface area contributed by atoms with Gasteiger partial charge in [-0.05, 0) is 17.7 Å². The molecule has 0 heterocycles. The number of esters is 1. The van der Waals surface area contributed by atoms with Crippen molar-refractivity contribution in [3.8, 4) is 0 Å². The van der Waals surface area contributed by atoms with Crippen LogP contribution in [0.15, 0.2) is 36.1 Å². The molecule has 0 saturated heterocycles. The Bertz CT molecular complexity index is 565. The first kappa shape index (κ1) is 16.4. The van der Waals surface area contributed by atoms with E-state index in [4.69, 9.17) is 5.11 Å². The maximum atomic E-state index is 12.7. The number of carboxylic acids is 1. The first-order valence-electron chi connectivity index (χ1n) is 6.00. The third kappa shape index (κ3) is 6.86. The summed E-state index contributed by atoms with van der Waals surface area (Å²) in [7, 11) is 0. The van der Waals surface area contributed by atoms with Gasteiger partial charge in [0.2, 0.25) is 5.91 Å². The zero-order chi connectivity index (χ0) is 15.8. The highest BCUT2D eigenvalue weighted by molar-refractivity contribution is 5.84. The van der Waals surface area contributed by atoms with E-state index in [1.165, 1.54) is 24.3 Å². The lowest BCUT2D eigenvalue weighted by Gasteiger charge is -2.08. The standard InChI is InChI=1S/C14H14FNO5/c1-9(17)21-12(7-14(19)20)6-13(18)16-8-10-2-4-11(15)5-3-10/h2-5,7H,6,8H2,1H3,(H,16,18)(H,19,20). The number of rotatable bonds is 6. The van der Waals surface area contributed by atoms with Crippen LogP contribution in [-0.4, -0.2) is 23.0 Å². The predicted octanol–water partition coefficient (Wildman–Crippen LogP) is 1.36. The third-order valence-electron chi connectivity index (χ3n) is 2.30. The lowest BCUT2D eigenvalue weighted by atomic mass is 10.2. The van der Waals surface area contributed by atoms with E-state index in [0.717, 1.165) is 6.92 Å². The van der Waals surface area contributed by atoms with Crippen LogP contribution in [0.4, 0.5) is 4.39 Å². The predicted molar refractivity (Wildman–Crippen MR) is 70.3 cm³/mol. The molecule has 0 unspecified atom stereocenters. The number of benzene rings is 1. The van der Waals surface area contributed by atoms with E-state index in [1.807, 2.05) is 0 Å². The molecule has 6 nitrogen and oxygen atoms in total. The van der Waals surface area contributed by atoms with Crippen molar-refractivity contribution in [2.45, 2.75) is 19.9 Å². The molecule has 0 aromatic heterocycles. The molecule has 0 aliphatic heterocycles. The van der Waals surface area contributed by atoms with Gasteiger partial charge in [-0.25, -0.2) is 9.18 Å². The average Bonchev–Trinajstić information content (AvgIpc) is 2.36. The SMILES string of the molecule is CC(=O)OC(=CC(=O)O)CC(=O)NCc1ccc(F)cc1. The van der Waals surface area contributed by atoms with Gasteiger partial charge in [-0.15, -0.1) is 0 Å². The van der Waals surface area contributed by atoms with Crippen molar-refractivity contribution in [2.75, 3.05) is 0 Å². The van der Waals surface area contributed by atoms with Crippen molar-refractivity contribution < 1.29 is 28.6 Å². The summed E-state index contributed by atoms with van der Waals surface area (Å²) in [4.78, 5) is 33.0. The molecule has 0 aliphatic rings. The van der Waals surface area contributed by atoms with Gasteiger partial charge in [0.25, 0.3) is 0 Å². The van der Waals surface area contributed by atoms with E-state index in [-0.39, 0.29) is 24.5 Å². The fraction of sp³-hybridized carbons (Fsp3) is 0.214. The highest BCUT2D eigenvalue weighted by Gasteiger charge is 2.11. The van der Waals surface area contributed by atoms with Gasteiger partial charge in [0.1, 0.15) is 11.6 Å². The molecule has 1 amide bonds. The zero-order valence-electron chi connectivity index (χ0n) is 11.3. The second-order valence-electron chi connectivity index (χ2n) is 4.12. The summed E-state index contributed by atoms with van der Waals surface area (Å²) in [6, 6.07) is 5.54. The molecule has 21 heavy (non-hydrogen) atoms. The molecular weight excluding hydrogens is 281 g/mol. The number of hydrogen-bond donors (Lipinski definition) is 2. The minimum absolute atomic E-state index is 0.152. The average molecular weight is 295 g/mol. The summed E-state index contributed by atoms with van der Waals surface area (Å²) >= 11 is 0. The van der Waals surface area contributed by atoms with Crippen LogP contribution in [0.1, 0.15) is 18.9 Å². The van der Waals surface area contributed by atoms with Gasteiger partial charge in [-0.1, -0.05) is 12.1 Å². The Hall–Kier alpha value is -2.70. The minimum atomic E-state index is -1.32. The van der Waals surface area contributed by atoms with E-state index >= 15 is 0 Å². The van der Waals surface area contributed by atoms with Crippen molar-refractivity contribution in [2.24, 2.45) is 0 Å². The summed E-state index contributed by atoms with van der Waals surface area (Å²) < 4.78 is 17.3. The highest BCUT2D eigenvalue weighted by atomic mass is 19.1. The molecule has 1 aromatic carbocycles. The van der Waals surface area contributed by atoms with Crippen molar-refractivity contribution in [3.63, 3.8) is 0 Å². The number of halogens is 1. The lowest BCUT2D eigenvalue weighted by Crippen LogP contribution is -2.24. The van der Waals surface area contributed by atoms with Crippen molar-refractivity contribution in [1.29, 1.82) is 0 Å². The van der Waals surface area contributed by atoms with Crippen molar-refractivity contribution >= 4 is 17.8 Å². The van der Waals surface area contributed by atoms with Crippen LogP contribution in [0.3, 0.4) is 0 Å². The molecule has 0 bridgehead atoms. The zero-order valence-corrected chi connectivity index (χ0v) is 11.3. The molecule has 1 aromatic rings. The molecule has 0 fully saturated rings. The maximum absolute atomic E-state index is 12.7. The Morgan fingerprint density at radius 2 is 1.90 bits per heavy atom. The molecule has 7 heteroatoms. The summed E-state index contributed by atoms with van der Waals surface area (Å²) in [5.74, 6) is -3.20. The van der Waals surface area contributed by atoms with Crippen LogP contribution in [0.5, 0.6) is 0 Å². The summed E-state index contributed by atoms with van der Waals surface area (Å²) in [5.41, 5.74) is 0.681. The Morgan fingerprint density at radius 3 is 2.43 bits per heavy atom. The van der Waals surface area contributed by atoms with Gasteiger partial charge in [0, 0.05) is 13.5 Å². The van der Waals surface area contributed by atoms with Gasteiger partial charge in [-0.2, -0.15) is 0 Å². The highest BCUT2D eigenvalue weighted by Crippen LogP contribution is 2.06. The molecule has 0 spiro atoms. The van der Waals surface area contributed by atoms with E-state index in [1.54, 1.807) is 0 Å². The van der Waals surface area contributed by atoms with Gasteiger partial charge in [-0.3, -0.25) is 9.59 Å². The molecule has 112 valence electrons. The summed E-state index contributed by atoms with van der Waals surface area (Å²) in [6.07, 6.45) is 0.270. The number of nitrogens with one attached hydrogen (secondary N) is 1. The fourth-order valence-electron chi connectivity index (χ4n) is 1.46. The van der Waals surface area contributed by atoms with Crippen LogP contribution in [0.2, 0.25) is 0 Å². The number of carbonyl (C=O) groups is 3. The Labute approximate surface area is 120 Å². The van der Waals surface area contributed by atoms with E-state index in [0.29, 0.717) is 11.6 Å². The van der Waals surface area contributed by atoms with Gasteiger partial charge < -0.3 is 15.2 Å². The smallest absolute Gasteiger partial charge is 0.331 e. The molecule has 0 atom stereocenters. The van der Waals surface area contributed by atoms with Gasteiger partial charge in [0.15, 0.2) is 0 Å². The second kappa shape index (κ2) is 7.78. The lowest BCUT2D eigenvalue weighted by molar-refractivity contribution is -0.137. The van der Waals surface area contributed by atoms with E-state index in [9.17, 15) is 18.8 Å². The Kier molecular flexibility index (Phi) is 6.06. The molecule has 0 aliphatic carbocycles. The van der Waals surface area contributed by atoms with E-state index in [2.05, 4.69) is 10.1 Å². The molecule has 0 radical (unpaired) electrons. The number of carboxylic acid groups (broad SMARTS) is 1. The number of hydrogen-bond acceptors (Lipinski definition) is 4. The first-order chi connectivity index (χ1) is 9.86. The van der Waals surface area contributed by atoms with Crippen LogP contribution < -0.4 is 5.32 Å². The second-order valence-corrected chi connectivity index (χ2v) is 4.12. The molecule has 2 N–H and O–H groups in total. The van der Waals surface area contributed by atoms with Crippen LogP contribution in [-0.2, 0) is 25.7 Å². The number of carbonyl (C=O) groups excluding carboxylic acids is 2. The fourth-order valence-corrected chi connectivity index (χ4v) is 1.46. The summed E-state index contributed by atoms with van der Waals surface area (Å²) in [5, 5.41) is 11.1. The Morgan fingerprint density at radius 1 is 1.29 bits per heavy atom. The Balaban J connectivity index is 2.55. The van der Waals surface area contributed by atoms with Crippen molar-refractivity contribution in [3.05, 3.63) is 47.5 Å². The van der Waals surface area contributed by atoms with Crippen molar-refractivity contribution in [1.82, 2.24) is 5.32 Å². The third-order valence-corrected chi connectivity index (χ3v) is 2.30. The topological polar surface area (TPSA) is 92.7 Å². The summed E-state index contributed by atoms with van der Waals surface area (Å²) in [6.45, 7) is 1.26. The quantitative estimate of drug-likeness (QED) is 0.469.